The molecule has 0 aliphatic heterocycles. The van der Waals surface area contributed by atoms with E-state index in [9.17, 15) is 14.4 Å². The number of halogens is 1. The van der Waals surface area contributed by atoms with Gasteiger partial charge in [0, 0.05) is 5.56 Å². The van der Waals surface area contributed by atoms with Crippen LogP contribution in [-0.2, 0) is 9.53 Å². The van der Waals surface area contributed by atoms with Crippen LogP contribution in [0.15, 0.2) is 36.4 Å². The quantitative estimate of drug-likeness (QED) is 0.531. The second-order valence-corrected chi connectivity index (χ2v) is 6.06. The number of carbonyl (C=O) groups is 3. The summed E-state index contributed by atoms with van der Waals surface area (Å²) < 4.78 is 15.6. The third kappa shape index (κ3) is 5.23. The van der Waals surface area contributed by atoms with Crippen LogP contribution in [0.2, 0.25) is 5.02 Å². The second-order valence-electron chi connectivity index (χ2n) is 5.65. The predicted molar refractivity (Wildman–Crippen MR) is 105 cm³/mol. The van der Waals surface area contributed by atoms with Crippen LogP contribution >= 0.6 is 11.6 Å². The highest BCUT2D eigenvalue weighted by molar-refractivity contribution is 6.32. The Bertz CT molecular complexity index is 896. The predicted octanol–water partition coefficient (Wildman–Crippen LogP) is 3.75. The highest BCUT2D eigenvalue weighted by Crippen LogP contribution is 2.36. The molecule has 0 radical (unpaired) electrons. The van der Waals surface area contributed by atoms with Crippen LogP contribution in [0.25, 0.3) is 0 Å². The average molecular weight is 406 g/mol. The van der Waals surface area contributed by atoms with Crippen LogP contribution in [0.1, 0.15) is 34.6 Å². The zero-order chi connectivity index (χ0) is 20.7. The zero-order valence-corrected chi connectivity index (χ0v) is 16.5. The number of para-hydroxylation sites is 1. The molecule has 1 N–H and O–H groups in total. The molecule has 0 spiro atoms. The lowest BCUT2D eigenvalue weighted by atomic mass is 10.1. The Labute approximate surface area is 167 Å². The topological polar surface area (TPSA) is 90.9 Å². The molecule has 0 unspecified atom stereocenters. The fourth-order valence-electron chi connectivity index (χ4n) is 2.42. The first-order valence-corrected chi connectivity index (χ1v) is 8.82. The minimum Gasteiger partial charge on any atom is -0.493 e. The van der Waals surface area contributed by atoms with Crippen molar-refractivity contribution in [2.45, 2.75) is 13.8 Å². The standard InChI is InChI=1S/C20H20ClNO6/c1-4-27-19-15(21)9-13(10-17(19)26-3)20(25)28-11-18(24)22-16-8-6-5-7-14(16)12(2)23/h5-10H,4,11H2,1-3H3,(H,22,24). The largest absolute Gasteiger partial charge is 0.493 e. The summed E-state index contributed by atoms with van der Waals surface area (Å²) in [6, 6.07) is 9.35. The number of ether oxygens (including phenoxy) is 3. The van der Waals surface area contributed by atoms with Crippen LogP contribution in [0.5, 0.6) is 11.5 Å². The fourth-order valence-corrected chi connectivity index (χ4v) is 2.69. The maximum absolute atomic E-state index is 12.3. The number of rotatable bonds is 8. The Morgan fingerprint density at radius 3 is 2.50 bits per heavy atom. The van der Waals surface area contributed by atoms with E-state index in [4.69, 9.17) is 25.8 Å². The summed E-state index contributed by atoms with van der Waals surface area (Å²) in [7, 11) is 1.42. The summed E-state index contributed by atoms with van der Waals surface area (Å²) >= 11 is 6.13. The molecular formula is C20H20ClNO6. The van der Waals surface area contributed by atoms with Gasteiger partial charge in [-0.15, -0.1) is 0 Å². The molecule has 1 amide bonds. The molecule has 2 aromatic carbocycles. The van der Waals surface area contributed by atoms with Crippen molar-refractivity contribution in [2.24, 2.45) is 0 Å². The molecule has 0 aliphatic rings. The maximum atomic E-state index is 12.3. The number of amides is 1. The van der Waals surface area contributed by atoms with Crippen molar-refractivity contribution in [1.82, 2.24) is 0 Å². The van der Waals surface area contributed by atoms with E-state index in [-0.39, 0.29) is 22.1 Å². The number of hydrogen-bond acceptors (Lipinski definition) is 6. The van der Waals surface area contributed by atoms with Crippen LogP contribution in [0.3, 0.4) is 0 Å². The summed E-state index contributed by atoms with van der Waals surface area (Å²) in [6.07, 6.45) is 0. The van der Waals surface area contributed by atoms with Gasteiger partial charge in [-0.25, -0.2) is 4.79 Å². The van der Waals surface area contributed by atoms with Gasteiger partial charge in [0.15, 0.2) is 23.9 Å². The van der Waals surface area contributed by atoms with E-state index in [0.717, 1.165) is 0 Å². The molecule has 28 heavy (non-hydrogen) atoms. The molecule has 7 nitrogen and oxygen atoms in total. The summed E-state index contributed by atoms with van der Waals surface area (Å²) in [6.45, 7) is 3.04. The Kier molecular flexibility index (Phi) is 7.40. The van der Waals surface area contributed by atoms with Gasteiger partial charge in [0.1, 0.15) is 0 Å². The van der Waals surface area contributed by atoms with Gasteiger partial charge in [-0.3, -0.25) is 9.59 Å². The van der Waals surface area contributed by atoms with Crippen molar-refractivity contribution in [1.29, 1.82) is 0 Å². The van der Waals surface area contributed by atoms with Crippen molar-refractivity contribution in [3.63, 3.8) is 0 Å². The smallest absolute Gasteiger partial charge is 0.338 e. The lowest BCUT2D eigenvalue weighted by molar-refractivity contribution is -0.119. The van der Waals surface area contributed by atoms with Crippen molar-refractivity contribution >= 4 is 34.9 Å². The Balaban J connectivity index is 2.05. The summed E-state index contributed by atoms with van der Waals surface area (Å²) in [5.74, 6) is -0.920. The lowest BCUT2D eigenvalue weighted by Crippen LogP contribution is -2.22. The van der Waals surface area contributed by atoms with E-state index < -0.39 is 18.5 Å². The molecule has 0 bridgehead atoms. The number of carbonyl (C=O) groups excluding carboxylic acids is 3. The zero-order valence-electron chi connectivity index (χ0n) is 15.7. The second kappa shape index (κ2) is 9.75. The first kappa shape index (κ1) is 21.2. The van der Waals surface area contributed by atoms with Crippen molar-refractivity contribution in [3.05, 3.63) is 52.5 Å². The van der Waals surface area contributed by atoms with Crippen LogP contribution < -0.4 is 14.8 Å². The fraction of sp³-hybridized carbons (Fsp3) is 0.250. The number of nitrogens with one attached hydrogen (secondary N) is 1. The van der Waals surface area contributed by atoms with Gasteiger partial charge in [0.2, 0.25) is 0 Å². The molecular weight excluding hydrogens is 386 g/mol. The molecule has 0 atom stereocenters. The van der Waals surface area contributed by atoms with Gasteiger partial charge in [0.05, 0.1) is 30.0 Å². The number of anilines is 1. The number of Topliss-reactive ketones (excluding diaryl/α,β-unsaturated/α-hetero) is 1. The average Bonchev–Trinajstić information content (AvgIpc) is 2.67. The molecule has 0 heterocycles. The van der Waals surface area contributed by atoms with Gasteiger partial charge in [0.25, 0.3) is 5.91 Å². The highest BCUT2D eigenvalue weighted by atomic mass is 35.5. The Hall–Kier alpha value is -3.06. The molecule has 148 valence electrons. The van der Waals surface area contributed by atoms with E-state index in [0.29, 0.717) is 23.6 Å². The highest BCUT2D eigenvalue weighted by Gasteiger charge is 2.18. The van der Waals surface area contributed by atoms with Gasteiger partial charge in [-0.05, 0) is 38.1 Å². The molecule has 0 saturated carbocycles. The maximum Gasteiger partial charge on any atom is 0.338 e. The number of ketones is 1. The molecule has 8 heteroatoms. The van der Waals surface area contributed by atoms with Crippen molar-refractivity contribution < 1.29 is 28.6 Å². The summed E-state index contributed by atoms with van der Waals surface area (Å²) in [4.78, 5) is 35.9. The van der Waals surface area contributed by atoms with Gasteiger partial charge in [-0.1, -0.05) is 23.7 Å². The van der Waals surface area contributed by atoms with Crippen molar-refractivity contribution in [2.75, 3.05) is 25.6 Å². The number of esters is 1. The summed E-state index contributed by atoms with van der Waals surface area (Å²) in [5, 5.41) is 2.74. The number of methoxy groups -OCH3 is 1. The molecule has 0 aromatic heterocycles. The van der Waals surface area contributed by atoms with E-state index in [1.807, 2.05) is 0 Å². The minimum atomic E-state index is -0.752. The monoisotopic (exact) mass is 405 g/mol. The molecule has 2 aromatic rings. The van der Waals surface area contributed by atoms with Crippen LogP contribution in [-0.4, -0.2) is 38.0 Å². The third-order valence-electron chi connectivity index (χ3n) is 3.67. The van der Waals surface area contributed by atoms with Gasteiger partial charge >= 0.3 is 5.97 Å². The lowest BCUT2D eigenvalue weighted by Gasteiger charge is -2.13. The Morgan fingerprint density at radius 2 is 1.86 bits per heavy atom. The van der Waals surface area contributed by atoms with E-state index in [1.165, 1.54) is 26.2 Å². The first-order chi connectivity index (χ1) is 13.4. The van der Waals surface area contributed by atoms with Crippen LogP contribution in [0.4, 0.5) is 5.69 Å². The third-order valence-corrected chi connectivity index (χ3v) is 3.95. The molecule has 0 fully saturated rings. The first-order valence-electron chi connectivity index (χ1n) is 8.44. The molecule has 0 saturated heterocycles. The SMILES string of the molecule is CCOc1c(Cl)cc(C(=O)OCC(=O)Nc2ccccc2C(C)=O)cc1OC. The van der Waals surface area contributed by atoms with Crippen molar-refractivity contribution in [3.8, 4) is 11.5 Å². The minimum absolute atomic E-state index is 0.113. The van der Waals surface area contributed by atoms with Gasteiger partial charge in [-0.2, -0.15) is 0 Å². The normalized spacial score (nSPS) is 10.1. The Morgan fingerprint density at radius 1 is 1.14 bits per heavy atom. The van der Waals surface area contributed by atoms with E-state index in [1.54, 1.807) is 31.2 Å². The molecule has 0 aliphatic carbocycles. The number of hydrogen-bond donors (Lipinski definition) is 1. The number of benzene rings is 2. The van der Waals surface area contributed by atoms with E-state index in [2.05, 4.69) is 5.32 Å². The van der Waals surface area contributed by atoms with Crippen LogP contribution in [0, 0.1) is 0 Å². The molecule has 2 rings (SSSR count). The van der Waals surface area contributed by atoms with Gasteiger partial charge < -0.3 is 19.5 Å². The summed E-state index contributed by atoms with van der Waals surface area (Å²) in [5.41, 5.74) is 0.828. The van der Waals surface area contributed by atoms with E-state index >= 15 is 0 Å².